The van der Waals surface area contributed by atoms with Crippen LogP contribution in [-0.2, 0) is 4.79 Å². The lowest BCUT2D eigenvalue weighted by atomic mass is 10.2. The Kier molecular flexibility index (Phi) is 7.50. The molecule has 0 fully saturated rings. The quantitative estimate of drug-likeness (QED) is 0.181. The average Bonchev–Trinajstić information content (AvgIpc) is 2.79. The van der Waals surface area contributed by atoms with Crippen LogP contribution in [0.15, 0.2) is 77.9 Å². The number of ether oxygens (including phenoxy) is 2. The number of nitro groups is 1. The SMILES string of the molecule is O=C(COc1ccc([N+](=O)[O-])cc1)N/N=C/c1ccc(OC(=O)c2ccc(Cl)cc2)cc1. The highest BCUT2D eigenvalue weighted by Gasteiger charge is 2.08. The van der Waals surface area contributed by atoms with Crippen molar-refractivity contribution >= 4 is 35.4 Å². The Morgan fingerprint density at radius 2 is 1.59 bits per heavy atom. The number of non-ortho nitro benzene ring substituents is 1. The van der Waals surface area contributed by atoms with Crippen LogP contribution in [0.25, 0.3) is 0 Å². The van der Waals surface area contributed by atoms with Gasteiger partial charge >= 0.3 is 5.97 Å². The summed E-state index contributed by atoms with van der Waals surface area (Å²) < 4.78 is 10.5. The molecule has 0 saturated heterocycles. The van der Waals surface area contributed by atoms with Crippen molar-refractivity contribution < 1.29 is 24.0 Å². The van der Waals surface area contributed by atoms with Crippen LogP contribution in [0.2, 0.25) is 5.02 Å². The van der Waals surface area contributed by atoms with Crippen LogP contribution in [0.3, 0.4) is 0 Å². The molecule has 0 saturated carbocycles. The zero-order valence-electron chi connectivity index (χ0n) is 16.4. The topological polar surface area (TPSA) is 120 Å². The second-order valence-electron chi connectivity index (χ2n) is 6.30. The van der Waals surface area contributed by atoms with E-state index in [4.69, 9.17) is 21.1 Å². The van der Waals surface area contributed by atoms with Crippen molar-refractivity contribution in [3.05, 3.63) is 99.1 Å². The maximum atomic E-state index is 12.1. The number of halogens is 1. The van der Waals surface area contributed by atoms with E-state index in [0.717, 1.165) is 0 Å². The zero-order chi connectivity index (χ0) is 22.9. The number of carbonyl (C=O) groups excluding carboxylic acids is 2. The molecule has 3 aromatic rings. The van der Waals surface area contributed by atoms with Crippen molar-refractivity contribution in [1.82, 2.24) is 5.43 Å². The molecule has 0 heterocycles. The van der Waals surface area contributed by atoms with Gasteiger partial charge in [0.2, 0.25) is 0 Å². The maximum Gasteiger partial charge on any atom is 0.343 e. The number of rotatable bonds is 8. The first-order chi connectivity index (χ1) is 15.4. The van der Waals surface area contributed by atoms with Crippen LogP contribution < -0.4 is 14.9 Å². The number of hydrogen-bond acceptors (Lipinski definition) is 7. The summed E-state index contributed by atoms with van der Waals surface area (Å²) in [5.74, 6) is -0.349. The molecular weight excluding hydrogens is 438 g/mol. The second kappa shape index (κ2) is 10.7. The Bertz CT molecular complexity index is 1130. The molecule has 0 aliphatic heterocycles. The predicted molar refractivity (Wildman–Crippen MR) is 117 cm³/mol. The van der Waals surface area contributed by atoms with Gasteiger partial charge in [-0.2, -0.15) is 5.10 Å². The first-order valence-corrected chi connectivity index (χ1v) is 9.55. The normalized spacial score (nSPS) is 10.5. The molecule has 3 rings (SSSR count). The molecule has 32 heavy (non-hydrogen) atoms. The summed E-state index contributed by atoms with van der Waals surface area (Å²) in [4.78, 5) is 34.0. The van der Waals surface area contributed by atoms with Crippen molar-refractivity contribution in [3.8, 4) is 11.5 Å². The molecule has 162 valence electrons. The number of nitro benzene ring substituents is 1. The van der Waals surface area contributed by atoms with Crippen LogP contribution in [0.4, 0.5) is 5.69 Å². The lowest BCUT2D eigenvalue weighted by Crippen LogP contribution is -2.24. The Morgan fingerprint density at radius 1 is 0.969 bits per heavy atom. The summed E-state index contributed by atoms with van der Waals surface area (Å²) in [6.07, 6.45) is 1.41. The van der Waals surface area contributed by atoms with E-state index < -0.39 is 16.8 Å². The first-order valence-electron chi connectivity index (χ1n) is 9.18. The smallest absolute Gasteiger partial charge is 0.343 e. The van der Waals surface area contributed by atoms with E-state index in [1.165, 1.54) is 30.5 Å². The number of nitrogens with one attached hydrogen (secondary N) is 1. The summed E-state index contributed by atoms with van der Waals surface area (Å²) in [5.41, 5.74) is 3.27. The van der Waals surface area contributed by atoms with Gasteiger partial charge in [0.25, 0.3) is 11.6 Å². The van der Waals surface area contributed by atoms with Crippen LogP contribution in [0, 0.1) is 10.1 Å². The van der Waals surface area contributed by atoms with Gasteiger partial charge in [0.1, 0.15) is 11.5 Å². The van der Waals surface area contributed by atoms with E-state index in [0.29, 0.717) is 27.6 Å². The van der Waals surface area contributed by atoms with Crippen molar-refractivity contribution in [2.45, 2.75) is 0 Å². The third-order valence-corrected chi connectivity index (χ3v) is 4.24. The largest absolute Gasteiger partial charge is 0.484 e. The van der Waals surface area contributed by atoms with Crippen LogP contribution in [0.1, 0.15) is 15.9 Å². The van der Waals surface area contributed by atoms with Gasteiger partial charge < -0.3 is 9.47 Å². The molecule has 0 aliphatic rings. The molecule has 0 unspecified atom stereocenters. The molecule has 0 radical (unpaired) electrons. The summed E-state index contributed by atoms with van der Waals surface area (Å²) >= 11 is 5.80. The third-order valence-electron chi connectivity index (χ3n) is 3.99. The molecule has 10 heteroatoms. The molecule has 0 spiro atoms. The van der Waals surface area contributed by atoms with Crippen molar-refractivity contribution in [1.29, 1.82) is 0 Å². The van der Waals surface area contributed by atoms with Gasteiger partial charge in [-0.25, -0.2) is 10.2 Å². The number of amides is 1. The summed E-state index contributed by atoms with van der Waals surface area (Å²) in [5, 5.41) is 15.0. The van der Waals surface area contributed by atoms with Gasteiger partial charge in [-0.05, 0) is 66.2 Å². The number of nitrogens with zero attached hydrogens (tertiary/aromatic N) is 2. The third kappa shape index (κ3) is 6.64. The van der Waals surface area contributed by atoms with Gasteiger partial charge in [0.15, 0.2) is 6.61 Å². The molecular formula is C22H16ClN3O6. The van der Waals surface area contributed by atoms with Gasteiger partial charge in [0.05, 0.1) is 16.7 Å². The van der Waals surface area contributed by atoms with Crippen LogP contribution >= 0.6 is 11.6 Å². The maximum absolute atomic E-state index is 12.1. The van der Waals surface area contributed by atoms with Crippen molar-refractivity contribution in [2.75, 3.05) is 6.61 Å². The minimum Gasteiger partial charge on any atom is -0.484 e. The minimum absolute atomic E-state index is 0.0721. The molecule has 0 bridgehead atoms. The Labute approximate surface area is 187 Å². The van der Waals surface area contributed by atoms with E-state index in [-0.39, 0.29) is 12.3 Å². The molecule has 9 nitrogen and oxygen atoms in total. The second-order valence-corrected chi connectivity index (χ2v) is 6.73. The van der Waals surface area contributed by atoms with E-state index in [2.05, 4.69) is 10.5 Å². The van der Waals surface area contributed by atoms with Crippen molar-refractivity contribution in [3.63, 3.8) is 0 Å². The fourth-order valence-corrected chi connectivity index (χ4v) is 2.52. The fraction of sp³-hybridized carbons (Fsp3) is 0.0455. The monoisotopic (exact) mass is 453 g/mol. The van der Waals surface area contributed by atoms with E-state index >= 15 is 0 Å². The predicted octanol–water partition coefficient (Wildman–Crippen LogP) is 4.00. The highest BCUT2D eigenvalue weighted by molar-refractivity contribution is 6.30. The summed E-state index contributed by atoms with van der Waals surface area (Å²) in [6, 6.07) is 18.2. The Morgan fingerprint density at radius 3 is 2.22 bits per heavy atom. The van der Waals surface area contributed by atoms with Crippen LogP contribution in [0.5, 0.6) is 11.5 Å². The molecule has 0 aliphatic carbocycles. The highest BCUT2D eigenvalue weighted by atomic mass is 35.5. The van der Waals surface area contributed by atoms with Gasteiger partial charge in [-0.1, -0.05) is 11.6 Å². The lowest BCUT2D eigenvalue weighted by Gasteiger charge is -2.05. The van der Waals surface area contributed by atoms with E-state index in [9.17, 15) is 19.7 Å². The molecule has 0 atom stereocenters. The Hall–Kier alpha value is -4.24. The molecule has 1 N–H and O–H groups in total. The molecule has 0 aromatic heterocycles. The number of carbonyl (C=O) groups is 2. The minimum atomic E-state index is -0.526. The summed E-state index contributed by atoms with van der Waals surface area (Å²) in [6.45, 7) is -0.311. The lowest BCUT2D eigenvalue weighted by molar-refractivity contribution is -0.384. The number of esters is 1. The zero-order valence-corrected chi connectivity index (χ0v) is 17.2. The Balaban J connectivity index is 1.44. The fourth-order valence-electron chi connectivity index (χ4n) is 2.40. The van der Waals surface area contributed by atoms with E-state index in [1.807, 2.05) is 0 Å². The number of hydrogen-bond donors (Lipinski definition) is 1. The number of hydrazone groups is 1. The summed E-state index contributed by atoms with van der Waals surface area (Å²) in [7, 11) is 0. The standard InChI is InChI=1S/C22H16ClN3O6/c23-17-5-3-16(4-6-17)22(28)32-20-9-1-15(2-10-20)13-24-25-21(27)14-31-19-11-7-18(8-12-19)26(29)30/h1-13H,14H2,(H,25,27)/b24-13+. The highest BCUT2D eigenvalue weighted by Crippen LogP contribution is 2.17. The van der Waals surface area contributed by atoms with E-state index in [1.54, 1.807) is 48.5 Å². The molecule has 1 amide bonds. The van der Waals surface area contributed by atoms with Gasteiger partial charge in [-0.3, -0.25) is 14.9 Å². The van der Waals surface area contributed by atoms with Gasteiger partial charge in [-0.15, -0.1) is 0 Å². The molecule has 3 aromatic carbocycles. The van der Waals surface area contributed by atoms with Crippen molar-refractivity contribution in [2.24, 2.45) is 5.10 Å². The van der Waals surface area contributed by atoms with Crippen LogP contribution in [-0.4, -0.2) is 29.6 Å². The average molecular weight is 454 g/mol. The number of benzene rings is 3. The first kappa shape index (κ1) is 22.4. The van der Waals surface area contributed by atoms with Gasteiger partial charge in [0, 0.05) is 17.2 Å².